The van der Waals surface area contributed by atoms with Crippen LogP contribution in [0.15, 0.2) is 322 Å². The minimum absolute atomic E-state index is 0.572. The third-order valence-electron chi connectivity index (χ3n) is 16.8. The summed E-state index contributed by atoms with van der Waals surface area (Å²) in [6.07, 6.45) is 0. The number of rotatable bonds is 11. The second-order valence-corrected chi connectivity index (χ2v) is 22.0. The Morgan fingerprint density at radius 3 is 0.907 bits per heavy atom. The van der Waals surface area contributed by atoms with Crippen LogP contribution in [0.1, 0.15) is 0 Å². The molecule has 402 valence electrons. The average Bonchev–Trinajstić information content (AvgIpc) is 1.92. The predicted octanol–water partition coefficient (Wildman–Crippen LogP) is 21.1. The van der Waals surface area contributed by atoms with E-state index in [9.17, 15) is 0 Å². The summed E-state index contributed by atoms with van der Waals surface area (Å²) < 4.78 is 4.83. The lowest BCUT2D eigenvalue weighted by molar-refractivity contribution is 1.07. The Hall–Kier alpha value is -11.5. The molecular formula is C81H53N5. The molecule has 5 nitrogen and oxygen atoms in total. The molecule has 0 unspecified atom stereocenters. The first-order chi connectivity index (χ1) is 42.6. The van der Waals surface area contributed by atoms with E-state index in [1.165, 1.54) is 54.9 Å². The zero-order chi connectivity index (χ0) is 56.9. The van der Waals surface area contributed by atoms with Crippen molar-refractivity contribution in [2.24, 2.45) is 0 Å². The van der Waals surface area contributed by atoms with Gasteiger partial charge in [-0.2, -0.15) is 0 Å². The van der Waals surface area contributed by atoms with Crippen molar-refractivity contribution in [3.05, 3.63) is 322 Å². The van der Waals surface area contributed by atoms with Gasteiger partial charge >= 0.3 is 0 Å². The normalized spacial score (nSPS) is 11.5. The van der Waals surface area contributed by atoms with Gasteiger partial charge < -0.3 is 9.13 Å². The van der Waals surface area contributed by atoms with Gasteiger partial charge in [-0.1, -0.05) is 249 Å². The molecule has 16 rings (SSSR count). The van der Waals surface area contributed by atoms with Crippen LogP contribution in [0.25, 0.3) is 156 Å². The van der Waals surface area contributed by atoms with Gasteiger partial charge in [0.25, 0.3) is 0 Å². The van der Waals surface area contributed by atoms with Crippen molar-refractivity contribution in [2.75, 3.05) is 0 Å². The van der Waals surface area contributed by atoms with Crippen LogP contribution in [-0.4, -0.2) is 24.1 Å². The van der Waals surface area contributed by atoms with E-state index < -0.39 is 0 Å². The average molecular weight is 1100 g/mol. The van der Waals surface area contributed by atoms with Crippen molar-refractivity contribution in [1.82, 2.24) is 24.1 Å². The van der Waals surface area contributed by atoms with Crippen LogP contribution in [0.2, 0.25) is 0 Å². The van der Waals surface area contributed by atoms with E-state index >= 15 is 0 Å². The van der Waals surface area contributed by atoms with Crippen molar-refractivity contribution < 1.29 is 0 Å². The quantitative estimate of drug-likeness (QED) is 0.130. The first-order valence-electron chi connectivity index (χ1n) is 29.2. The van der Waals surface area contributed by atoms with Crippen LogP contribution < -0.4 is 0 Å². The van der Waals surface area contributed by atoms with Crippen molar-refractivity contribution in [3.63, 3.8) is 0 Å². The molecule has 0 aliphatic rings. The van der Waals surface area contributed by atoms with E-state index in [4.69, 9.17) is 15.0 Å². The molecule has 3 aromatic heterocycles. The van der Waals surface area contributed by atoms with E-state index in [-0.39, 0.29) is 0 Å². The fraction of sp³-hybridized carbons (Fsp3) is 0. The molecule has 0 radical (unpaired) electrons. The Morgan fingerprint density at radius 2 is 0.488 bits per heavy atom. The van der Waals surface area contributed by atoms with Gasteiger partial charge in [0, 0.05) is 49.5 Å². The van der Waals surface area contributed by atoms with Crippen LogP contribution in [0.4, 0.5) is 0 Å². The summed E-state index contributed by atoms with van der Waals surface area (Å²) in [4.78, 5) is 16.2. The molecule has 0 amide bonds. The van der Waals surface area contributed by atoms with Crippen LogP contribution in [0.3, 0.4) is 0 Å². The highest BCUT2D eigenvalue weighted by atomic mass is 15.0. The lowest BCUT2D eigenvalue weighted by Gasteiger charge is -2.17. The van der Waals surface area contributed by atoms with E-state index in [1.54, 1.807) is 0 Å². The lowest BCUT2D eigenvalue weighted by atomic mass is 9.96. The zero-order valence-electron chi connectivity index (χ0n) is 46.8. The molecular weight excluding hydrogens is 1040 g/mol. The van der Waals surface area contributed by atoms with Crippen LogP contribution in [-0.2, 0) is 0 Å². The molecule has 0 bridgehead atoms. The van der Waals surface area contributed by atoms with E-state index in [1.807, 2.05) is 18.2 Å². The van der Waals surface area contributed by atoms with Gasteiger partial charge in [-0.05, 0) is 134 Å². The minimum Gasteiger partial charge on any atom is -0.309 e. The Morgan fingerprint density at radius 1 is 0.186 bits per heavy atom. The summed E-state index contributed by atoms with van der Waals surface area (Å²) in [6.45, 7) is 0. The van der Waals surface area contributed by atoms with Crippen molar-refractivity contribution in [1.29, 1.82) is 0 Å². The Kier molecular flexibility index (Phi) is 12.5. The predicted molar refractivity (Wildman–Crippen MR) is 357 cm³/mol. The Balaban J connectivity index is 0.899. The highest BCUT2D eigenvalue weighted by Gasteiger charge is 2.22. The summed E-state index contributed by atoms with van der Waals surface area (Å²) in [7, 11) is 0. The van der Waals surface area contributed by atoms with Crippen molar-refractivity contribution in [3.8, 4) is 112 Å². The summed E-state index contributed by atoms with van der Waals surface area (Å²) in [5, 5.41) is 4.69. The monoisotopic (exact) mass is 1100 g/mol. The highest BCUT2D eigenvalue weighted by molar-refractivity contribution is 6.13. The standard InChI is InChI=1S/C81H53N5/c1-7-21-54(22-8-1)60-33-19-34-65(47-60)69-42-37-67(53-78(69)86-76-45-40-63(57-27-13-4-14-28-57)51-72(76)73-52-64(41-46-77(73)86)58-29-15-5-16-30-58)81-83-79(59-31-17-6-18-32-59)82-80(84-81)66-35-20-36-68(48-66)85-74-43-38-61(55-23-9-2-10-24-55)49-70(74)71-50-62(39-44-75(71)85)56-25-11-3-12-26-56/h1-53H. The molecule has 5 heteroatoms. The smallest absolute Gasteiger partial charge is 0.164 e. The molecule has 0 fully saturated rings. The summed E-state index contributed by atoms with van der Waals surface area (Å²) >= 11 is 0. The van der Waals surface area contributed by atoms with Crippen LogP contribution >= 0.6 is 0 Å². The first kappa shape index (κ1) is 50.2. The van der Waals surface area contributed by atoms with Gasteiger partial charge in [-0.25, -0.2) is 15.0 Å². The third-order valence-corrected chi connectivity index (χ3v) is 16.8. The maximum absolute atomic E-state index is 5.49. The van der Waals surface area contributed by atoms with E-state index in [0.29, 0.717) is 17.5 Å². The molecule has 0 atom stereocenters. The SMILES string of the molecule is c1ccc(-c2cccc(-c3ccc(-c4nc(-c5ccccc5)nc(-c5cccc(-n6c7ccc(-c8ccccc8)cc7c7cc(-c8ccccc8)ccc76)c5)n4)cc3-n3c4ccc(-c5ccccc5)cc4c4cc(-c5ccccc5)ccc43)c2)cc1. The van der Waals surface area contributed by atoms with Crippen LogP contribution in [0.5, 0.6) is 0 Å². The van der Waals surface area contributed by atoms with Gasteiger partial charge in [0.1, 0.15) is 0 Å². The number of nitrogens with zero attached hydrogens (tertiary/aromatic N) is 5. The molecule has 13 aromatic carbocycles. The highest BCUT2D eigenvalue weighted by Crippen LogP contribution is 2.43. The zero-order valence-corrected chi connectivity index (χ0v) is 46.8. The molecule has 0 aliphatic carbocycles. The molecule has 0 saturated heterocycles. The third kappa shape index (κ3) is 9.12. The topological polar surface area (TPSA) is 48.5 Å². The molecule has 16 aromatic rings. The molecule has 0 N–H and O–H groups in total. The molecule has 3 heterocycles. The number of benzene rings is 13. The fourth-order valence-electron chi connectivity index (χ4n) is 12.6. The Labute approximate surface area is 498 Å². The number of fused-ring (bicyclic) bond motifs is 6. The summed E-state index contributed by atoms with van der Waals surface area (Å²) in [6, 6.07) is 115. The summed E-state index contributed by atoms with van der Waals surface area (Å²) in [5.74, 6) is 1.74. The van der Waals surface area contributed by atoms with Gasteiger partial charge in [0.15, 0.2) is 17.5 Å². The van der Waals surface area contributed by atoms with E-state index in [2.05, 4.69) is 312 Å². The van der Waals surface area contributed by atoms with E-state index in [0.717, 1.165) is 83.5 Å². The molecule has 86 heavy (non-hydrogen) atoms. The number of aromatic nitrogens is 5. The lowest BCUT2D eigenvalue weighted by Crippen LogP contribution is -2.03. The van der Waals surface area contributed by atoms with Crippen molar-refractivity contribution >= 4 is 43.6 Å². The molecule has 0 aliphatic heterocycles. The largest absolute Gasteiger partial charge is 0.309 e. The number of hydrogen-bond donors (Lipinski definition) is 0. The van der Waals surface area contributed by atoms with Gasteiger partial charge in [0.2, 0.25) is 0 Å². The summed E-state index contributed by atoms with van der Waals surface area (Å²) in [5.41, 5.74) is 22.9. The molecule has 0 spiro atoms. The van der Waals surface area contributed by atoms with Crippen molar-refractivity contribution in [2.45, 2.75) is 0 Å². The van der Waals surface area contributed by atoms with Gasteiger partial charge in [-0.15, -0.1) is 0 Å². The second-order valence-electron chi connectivity index (χ2n) is 22.0. The second kappa shape index (κ2) is 21.3. The maximum Gasteiger partial charge on any atom is 0.164 e. The first-order valence-corrected chi connectivity index (χ1v) is 29.2. The molecule has 0 saturated carbocycles. The fourth-order valence-corrected chi connectivity index (χ4v) is 12.6. The van der Waals surface area contributed by atoms with Gasteiger partial charge in [0.05, 0.1) is 27.8 Å². The van der Waals surface area contributed by atoms with Crippen LogP contribution in [0, 0.1) is 0 Å². The minimum atomic E-state index is 0.572. The van der Waals surface area contributed by atoms with Gasteiger partial charge in [-0.3, -0.25) is 0 Å². The number of hydrogen-bond acceptors (Lipinski definition) is 3. The Bertz CT molecular complexity index is 5000. The maximum atomic E-state index is 5.49.